The second-order valence-corrected chi connectivity index (χ2v) is 6.70. The van der Waals surface area contributed by atoms with E-state index in [0.717, 1.165) is 16.8 Å². The Balaban J connectivity index is 1.75. The van der Waals surface area contributed by atoms with Crippen molar-refractivity contribution in [3.05, 3.63) is 59.2 Å². The molecule has 2 aromatic carbocycles. The van der Waals surface area contributed by atoms with Crippen molar-refractivity contribution in [2.75, 3.05) is 23.9 Å². The fraction of sp³-hybridized carbons (Fsp3) is 0.286. The van der Waals surface area contributed by atoms with Gasteiger partial charge in [-0.05, 0) is 43.2 Å². The van der Waals surface area contributed by atoms with Crippen LogP contribution >= 0.6 is 0 Å². The highest BCUT2D eigenvalue weighted by molar-refractivity contribution is 6.04. The number of ether oxygens (including phenoxy) is 1. The molecule has 2 aromatic rings. The van der Waals surface area contributed by atoms with Crippen molar-refractivity contribution in [3.63, 3.8) is 0 Å². The number of hydrogen-bond donors (Lipinski definition) is 1. The van der Waals surface area contributed by atoms with Crippen molar-refractivity contribution in [1.29, 1.82) is 0 Å². The summed E-state index contributed by atoms with van der Waals surface area (Å²) in [5.41, 5.74) is 3.71. The largest absolute Gasteiger partial charge is 0.465 e. The van der Waals surface area contributed by atoms with Crippen LogP contribution < -0.4 is 10.2 Å². The predicted molar refractivity (Wildman–Crippen MR) is 103 cm³/mol. The van der Waals surface area contributed by atoms with Crippen LogP contribution in [-0.4, -0.2) is 31.4 Å². The SMILES string of the molecule is COC(=O)c1cccc(N2CC(C(=O)Nc3c(C)cccc3C)CC2=O)c1. The van der Waals surface area contributed by atoms with Crippen LogP contribution in [0, 0.1) is 19.8 Å². The average Bonchev–Trinajstić information content (AvgIpc) is 3.06. The lowest BCUT2D eigenvalue weighted by atomic mass is 10.1. The summed E-state index contributed by atoms with van der Waals surface area (Å²) >= 11 is 0. The first-order chi connectivity index (χ1) is 12.9. The lowest BCUT2D eigenvalue weighted by molar-refractivity contribution is -0.122. The number of hydrogen-bond acceptors (Lipinski definition) is 4. The fourth-order valence-corrected chi connectivity index (χ4v) is 3.29. The van der Waals surface area contributed by atoms with E-state index in [1.54, 1.807) is 29.2 Å². The number of nitrogens with zero attached hydrogens (tertiary/aromatic N) is 1. The molecule has 0 aliphatic carbocycles. The second-order valence-electron chi connectivity index (χ2n) is 6.70. The van der Waals surface area contributed by atoms with E-state index >= 15 is 0 Å². The molecule has 1 aliphatic rings. The number of rotatable bonds is 4. The molecule has 0 saturated carbocycles. The van der Waals surface area contributed by atoms with Gasteiger partial charge >= 0.3 is 5.97 Å². The Morgan fingerprint density at radius 2 is 1.78 bits per heavy atom. The van der Waals surface area contributed by atoms with Gasteiger partial charge in [-0.25, -0.2) is 4.79 Å². The van der Waals surface area contributed by atoms with Crippen molar-refractivity contribution in [2.24, 2.45) is 5.92 Å². The number of carbonyl (C=O) groups is 3. The van der Waals surface area contributed by atoms with Crippen LogP contribution in [0.2, 0.25) is 0 Å². The molecule has 1 unspecified atom stereocenters. The highest BCUT2D eigenvalue weighted by Crippen LogP contribution is 2.28. The predicted octanol–water partition coefficient (Wildman–Crippen LogP) is 3.08. The van der Waals surface area contributed by atoms with Gasteiger partial charge in [0.25, 0.3) is 0 Å². The fourth-order valence-electron chi connectivity index (χ4n) is 3.29. The van der Waals surface area contributed by atoms with Gasteiger partial charge in [-0.2, -0.15) is 0 Å². The number of aryl methyl sites for hydroxylation is 2. The maximum Gasteiger partial charge on any atom is 0.337 e. The van der Waals surface area contributed by atoms with Gasteiger partial charge in [0, 0.05) is 24.3 Å². The van der Waals surface area contributed by atoms with Crippen LogP contribution in [0.4, 0.5) is 11.4 Å². The average molecular weight is 366 g/mol. The minimum atomic E-state index is -0.465. The summed E-state index contributed by atoms with van der Waals surface area (Å²) in [5.74, 6) is -1.22. The van der Waals surface area contributed by atoms with Crippen molar-refractivity contribution in [1.82, 2.24) is 0 Å². The third-order valence-electron chi connectivity index (χ3n) is 4.80. The molecule has 1 fully saturated rings. The number of para-hydroxylation sites is 1. The lowest BCUT2D eigenvalue weighted by Crippen LogP contribution is -2.28. The maximum absolute atomic E-state index is 12.7. The van der Waals surface area contributed by atoms with Gasteiger partial charge in [0.15, 0.2) is 0 Å². The summed E-state index contributed by atoms with van der Waals surface area (Å²) in [6.45, 7) is 4.15. The van der Waals surface area contributed by atoms with Crippen molar-refractivity contribution >= 4 is 29.2 Å². The normalized spacial score (nSPS) is 16.3. The molecule has 2 amide bonds. The quantitative estimate of drug-likeness (QED) is 0.844. The van der Waals surface area contributed by atoms with Gasteiger partial charge in [0.2, 0.25) is 11.8 Å². The van der Waals surface area contributed by atoms with E-state index < -0.39 is 11.9 Å². The monoisotopic (exact) mass is 366 g/mol. The summed E-state index contributed by atoms with van der Waals surface area (Å²) in [7, 11) is 1.31. The van der Waals surface area contributed by atoms with E-state index in [1.807, 2.05) is 32.0 Å². The lowest BCUT2D eigenvalue weighted by Gasteiger charge is -2.18. The van der Waals surface area contributed by atoms with E-state index in [-0.39, 0.29) is 24.8 Å². The van der Waals surface area contributed by atoms with Crippen molar-refractivity contribution < 1.29 is 19.1 Å². The van der Waals surface area contributed by atoms with E-state index in [4.69, 9.17) is 4.74 Å². The Bertz CT molecular complexity index is 887. The smallest absolute Gasteiger partial charge is 0.337 e. The molecule has 140 valence electrons. The summed E-state index contributed by atoms with van der Waals surface area (Å²) in [6, 6.07) is 12.5. The number of benzene rings is 2. The first-order valence-electron chi connectivity index (χ1n) is 8.76. The van der Waals surface area contributed by atoms with Crippen LogP contribution in [-0.2, 0) is 14.3 Å². The molecule has 1 saturated heterocycles. The van der Waals surface area contributed by atoms with Gasteiger partial charge in [0.05, 0.1) is 18.6 Å². The minimum Gasteiger partial charge on any atom is -0.465 e. The van der Waals surface area contributed by atoms with Gasteiger partial charge in [-0.1, -0.05) is 24.3 Å². The summed E-state index contributed by atoms with van der Waals surface area (Å²) in [4.78, 5) is 38.4. The molecular weight excluding hydrogens is 344 g/mol. The van der Waals surface area contributed by atoms with E-state index in [9.17, 15) is 14.4 Å². The van der Waals surface area contributed by atoms with E-state index in [0.29, 0.717) is 11.3 Å². The van der Waals surface area contributed by atoms with Gasteiger partial charge in [0.1, 0.15) is 0 Å². The molecule has 0 radical (unpaired) electrons. The molecule has 1 heterocycles. The molecule has 6 nitrogen and oxygen atoms in total. The molecule has 6 heteroatoms. The van der Waals surface area contributed by atoms with Crippen LogP contribution in [0.1, 0.15) is 27.9 Å². The zero-order chi connectivity index (χ0) is 19.6. The molecule has 0 bridgehead atoms. The van der Waals surface area contributed by atoms with Crippen LogP contribution in [0.5, 0.6) is 0 Å². The molecule has 27 heavy (non-hydrogen) atoms. The third-order valence-corrected chi connectivity index (χ3v) is 4.80. The highest BCUT2D eigenvalue weighted by atomic mass is 16.5. The Hall–Kier alpha value is -3.15. The Morgan fingerprint density at radius 3 is 2.44 bits per heavy atom. The molecule has 1 atom stereocenters. The highest BCUT2D eigenvalue weighted by Gasteiger charge is 2.35. The van der Waals surface area contributed by atoms with E-state index in [2.05, 4.69) is 5.32 Å². The van der Waals surface area contributed by atoms with Gasteiger partial charge in [-0.15, -0.1) is 0 Å². The molecule has 1 N–H and O–H groups in total. The molecule has 0 spiro atoms. The third kappa shape index (κ3) is 3.84. The number of esters is 1. The number of methoxy groups -OCH3 is 1. The van der Waals surface area contributed by atoms with Crippen LogP contribution in [0.3, 0.4) is 0 Å². The summed E-state index contributed by atoms with van der Waals surface area (Å²) in [5, 5.41) is 2.96. The Morgan fingerprint density at radius 1 is 1.11 bits per heavy atom. The first kappa shape index (κ1) is 18.6. The van der Waals surface area contributed by atoms with Gasteiger partial charge in [-0.3, -0.25) is 9.59 Å². The molecule has 0 aromatic heterocycles. The van der Waals surface area contributed by atoms with Crippen molar-refractivity contribution in [2.45, 2.75) is 20.3 Å². The standard InChI is InChI=1S/C21H22N2O4/c1-13-6-4-7-14(2)19(13)22-20(25)16-11-18(24)23(12-16)17-9-5-8-15(10-17)21(26)27-3/h4-10,16H,11-12H2,1-3H3,(H,22,25). The van der Waals surface area contributed by atoms with Crippen LogP contribution in [0.25, 0.3) is 0 Å². The van der Waals surface area contributed by atoms with Crippen LogP contribution in [0.15, 0.2) is 42.5 Å². The number of anilines is 2. The Kier molecular flexibility index (Phi) is 5.26. The van der Waals surface area contributed by atoms with Crippen molar-refractivity contribution in [3.8, 4) is 0 Å². The van der Waals surface area contributed by atoms with Gasteiger partial charge < -0.3 is 15.0 Å². The van der Waals surface area contributed by atoms with E-state index in [1.165, 1.54) is 7.11 Å². The number of amides is 2. The summed E-state index contributed by atoms with van der Waals surface area (Å²) < 4.78 is 4.72. The maximum atomic E-state index is 12.7. The minimum absolute atomic E-state index is 0.138. The molecule has 3 rings (SSSR count). The Labute approximate surface area is 158 Å². The molecular formula is C21H22N2O4. The first-order valence-corrected chi connectivity index (χ1v) is 8.76. The number of carbonyl (C=O) groups excluding carboxylic acids is 3. The molecule has 1 aliphatic heterocycles. The zero-order valence-electron chi connectivity index (χ0n) is 15.6. The second kappa shape index (κ2) is 7.61. The number of nitrogens with one attached hydrogen (secondary N) is 1. The zero-order valence-corrected chi connectivity index (χ0v) is 15.6. The summed E-state index contributed by atoms with van der Waals surface area (Å²) in [6.07, 6.45) is 0.138. The topological polar surface area (TPSA) is 75.7 Å².